The van der Waals surface area contributed by atoms with E-state index in [9.17, 15) is 0 Å². The zero-order valence-electron chi connectivity index (χ0n) is 10.3. The van der Waals surface area contributed by atoms with Crippen molar-refractivity contribution >= 4 is 11.4 Å². The highest BCUT2D eigenvalue weighted by Crippen LogP contribution is 2.35. The lowest BCUT2D eigenvalue weighted by Gasteiger charge is -2.41. The summed E-state index contributed by atoms with van der Waals surface area (Å²) in [6, 6.07) is 7.41. The lowest BCUT2D eigenvalue weighted by Crippen LogP contribution is -2.46. The first-order valence-corrected chi connectivity index (χ1v) is 5.99. The summed E-state index contributed by atoms with van der Waals surface area (Å²) in [6.07, 6.45) is 0. The Hall–Kier alpha value is -1.22. The summed E-state index contributed by atoms with van der Waals surface area (Å²) in [5, 5.41) is 3.50. The summed E-state index contributed by atoms with van der Waals surface area (Å²) < 4.78 is 0. The first kappa shape index (κ1) is 11.3. The van der Waals surface area contributed by atoms with Gasteiger partial charge < -0.3 is 16.0 Å². The lowest BCUT2D eigenvalue weighted by molar-refractivity contribution is 0.579. The van der Waals surface area contributed by atoms with Crippen molar-refractivity contribution in [3.8, 4) is 0 Å². The van der Waals surface area contributed by atoms with Gasteiger partial charge in [0.15, 0.2) is 0 Å². The molecule has 0 fully saturated rings. The number of anilines is 2. The van der Waals surface area contributed by atoms with Gasteiger partial charge in [0, 0.05) is 25.2 Å². The van der Waals surface area contributed by atoms with Crippen molar-refractivity contribution in [2.24, 2.45) is 5.73 Å². The molecule has 0 aromatic heterocycles. The molecule has 0 bridgehead atoms. The largest absolute Gasteiger partial charge is 0.381 e. The van der Waals surface area contributed by atoms with E-state index in [4.69, 9.17) is 5.73 Å². The molecule has 2 rings (SSSR count). The zero-order valence-corrected chi connectivity index (χ0v) is 10.3. The molecule has 1 aromatic carbocycles. The maximum absolute atomic E-state index is 5.77. The molecular formula is C13H21N3. The maximum Gasteiger partial charge on any atom is 0.0624 e. The van der Waals surface area contributed by atoms with Crippen LogP contribution in [-0.2, 0) is 6.54 Å². The van der Waals surface area contributed by atoms with Crippen molar-refractivity contribution in [1.29, 1.82) is 0 Å². The number of fused-ring (bicyclic) bond motifs is 1. The van der Waals surface area contributed by atoms with Crippen LogP contribution in [0.5, 0.6) is 0 Å². The number of hydrogen-bond acceptors (Lipinski definition) is 3. The minimum absolute atomic E-state index is 0.517. The average Bonchev–Trinajstić information content (AvgIpc) is 2.27. The molecule has 1 aromatic rings. The minimum atomic E-state index is 0.517. The standard InChI is InChI=1S/C13H21N3/c1-9(2)16-10(3)8-15-13-11(7-14)5-4-6-12(13)16/h4-6,9-10,15H,7-8,14H2,1-3H3. The predicted molar refractivity (Wildman–Crippen MR) is 69.9 cm³/mol. The predicted octanol–water partition coefficient (Wildman–Crippen LogP) is 2.17. The molecule has 0 radical (unpaired) electrons. The topological polar surface area (TPSA) is 41.3 Å². The van der Waals surface area contributed by atoms with Crippen molar-refractivity contribution in [3.05, 3.63) is 23.8 Å². The summed E-state index contributed by atoms with van der Waals surface area (Å²) in [5.41, 5.74) is 9.48. The van der Waals surface area contributed by atoms with Crippen LogP contribution in [0, 0.1) is 0 Å². The fraction of sp³-hybridized carbons (Fsp3) is 0.538. The average molecular weight is 219 g/mol. The van der Waals surface area contributed by atoms with Gasteiger partial charge in [0.05, 0.1) is 11.4 Å². The SMILES string of the molecule is CC(C)N1c2cccc(CN)c2NCC1C. The van der Waals surface area contributed by atoms with E-state index in [1.54, 1.807) is 0 Å². The van der Waals surface area contributed by atoms with Crippen LogP contribution in [0.3, 0.4) is 0 Å². The molecule has 16 heavy (non-hydrogen) atoms. The van der Waals surface area contributed by atoms with Gasteiger partial charge in [-0.2, -0.15) is 0 Å². The molecule has 3 heteroatoms. The highest BCUT2D eigenvalue weighted by molar-refractivity contribution is 5.76. The first-order valence-electron chi connectivity index (χ1n) is 5.99. The number of nitrogens with one attached hydrogen (secondary N) is 1. The highest BCUT2D eigenvalue weighted by Gasteiger charge is 2.25. The van der Waals surface area contributed by atoms with Crippen LogP contribution in [0.25, 0.3) is 0 Å². The Balaban J connectivity index is 2.48. The molecule has 3 N–H and O–H groups in total. The Labute approximate surface area is 97.6 Å². The van der Waals surface area contributed by atoms with Gasteiger partial charge >= 0.3 is 0 Å². The van der Waals surface area contributed by atoms with E-state index in [1.807, 2.05) is 0 Å². The fourth-order valence-corrected chi connectivity index (χ4v) is 2.55. The molecule has 1 atom stereocenters. The van der Waals surface area contributed by atoms with Crippen LogP contribution in [0.2, 0.25) is 0 Å². The van der Waals surface area contributed by atoms with Gasteiger partial charge in [-0.25, -0.2) is 0 Å². The summed E-state index contributed by atoms with van der Waals surface area (Å²) in [4.78, 5) is 2.46. The Bertz CT molecular complexity index is 373. The monoisotopic (exact) mass is 219 g/mol. The molecule has 0 aliphatic carbocycles. The van der Waals surface area contributed by atoms with Crippen LogP contribution in [0.15, 0.2) is 18.2 Å². The highest BCUT2D eigenvalue weighted by atomic mass is 15.2. The summed E-state index contributed by atoms with van der Waals surface area (Å²) in [5.74, 6) is 0. The molecule has 3 nitrogen and oxygen atoms in total. The number of hydrogen-bond donors (Lipinski definition) is 2. The number of rotatable bonds is 2. The Morgan fingerprint density at radius 1 is 1.50 bits per heavy atom. The first-order chi connectivity index (χ1) is 7.65. The second-order valence-electron chi connectivity index (χ2n) is 4.75. The Kier molecular flexibility index (Phi) is 3.06. The normalized spacial score (nSPS) is 19.6. The molecule has 1 heterocycles. The number of nitrogens with two attached hydrogens (primary N) is 1. The van der Waals surface area contributed by atoms with Gasteiger partial charge in [-0.15, -0.1) is 0 Å². The van der Waals surface area contributed by atoms with Gasteiger partial charge in [-0.05, 0) is 32.4 Å². The summed E-state index contributed by atoms with van der Waals surface area (Å²) >= 11 is 0. The molecule has 1 aliphatic heterocycles. The van der Waals surface area contributed by atoms with Crippen molar-refractivity contribution in [2.45, 2.75) is 39.4 Å². The number of para-hydroxylation sites is 1. The van der Waals surface area contributed by atoms with Gasteiger partial charge in [-0.1, -0.05) is 12.1 Å². The second kappa shape index (κ2) is 4.34. The van der Waals surface area contributed by atoms with Crippen LogP contribution in [0.4, 0.5) is 11.4 Å². The molecule has 88 valence electrons. The molecular weight excluding hydrogens is 198 g/mol. The molecule has 0 saturated carbocycles. The molecule has 0 amide bonds. The molecule has 1 aliphatic rings. The fourth-order valence-electron chi connectivity index (χ4n) is 2.55. The van der Waals surface area contributed by atoms with Crippen LogP contribution in [-0.4, -0.2) is 18.6 Å². The zero-order chi connectivity index (χ0) is 11.7. The molecule has 0 saturated heterocycles. The second-order valence-corrected chi connectivity index (χ2v) is 4.75. The molecule has 1 unspecified atom stereocenters. The summed E-state index contributed by atoms with van der Waals surface area (Å²) in [7, 11) is 0. The lowest BCUT2D eigenvalue weighted by atomic mass is 10.0. The van der Waals surface area contributed by atoms with Crippen molar-refractivity contribution in [2.75, 3.05) is 16.8 Å². The van der Waals surface area contributed by atoms with Gasteiger partial charge in [0.2, 0.25) is 0 Å². The number of benzene rings is 1. The van der Waals surface area contributed by atoms with E-state index in [1.165, 1.54) is 16.9 Å². The van der Waals surface area contributed by atoms with Gasteiger partial charge in [0.25, 0.3) is 0 Å². The van der Waals surface area contributed by atoms with Crippen molar-refractivity contribution in [3.63, 3.8) is 0 Å². The van der Waals surface area contributed by atoms with Crippen molar-refractivity contribution in [1.82, 2.24) is 0 Å². The summed E-state index contributed by atoms with van der Waals surface area (Å²) in [6.45, 7) is 8.31. The van der Waals surface area contributed by atoms with Gasteiger partial charge in [-0.3, -0.25) is 0 Å². The third kappa shape index (κ3) is 1.76. The van der Waals surface area contributed by atoms with Crippen molar-refractivity contribution < 1.29 is 0 Å². The van der Waals surface area contributed by atoms with E-state index in [0.717, 1.165) is 6.54 Å². The third-order valence-corrected chi connectivity index (χ3v) is 3.23. The van der Waals surface area contributed by atoms with E-state index in [2.05, 4.69) is 49.2 Å². The smallest absolute Gasteiger partial charge is 0.0624 e. The van der Waals surface area contributed by atoms with E-state index < -0.39 is 0 Å². The molecule has 0 spiro atoms. The van der Waals surface area contributed by atoms with E-state index in [-0.39, 0.29) is 0 Å². The quantitative estimate of drug-likeness (QED) is 0.801. The maximum atomic E-state index is 5.77. The van der Waals surface area contributed by atoms with Gasteiger partial charge in [0.1, 0.15) is 0 Å². The van der Waals surface area contributed by atoms with E-state index >= 15 is 0 Å². The Morgan fingerprint density at radius 2 is 2.25 bits per heavy atom. The van der Waals surface area contributed by atoms with E-state index in [0.29, 0.717) is 18.6 Å². The Morgan fingerprint density at radius 3 is 2.88 bits per heavy atom. The third-order valence-electron chi connectivity index (χ3n) is 3.23. The number of nitrogens with zero attached hydrogens (tertiary/aromatic N) is 1. The van der Waals surface area contributed by atoms with Crippen LogP contribution >= 0.6 is 0 Å². The minimum Gasteiger partial charge on any atom is -0.381 e. The van der Waals surface area contributed by atoms with Crippen LogP contribution in [0.1, 0.15) is 26.3 Å². The van der Waals surface area contributed by atoms with Crippen LogP contribution < -0.4 is 16.0 Å².